The molecule has 1 unspecified atom stereocenters. The van der Waals surface area contributed by atoms with Crippen LogP contribution in [0.3, 0.4) is 0 Å². The first-order valence-electron chi connectivity index (χ1n) is 5.44. The summed E-state index contributed by atoms with van der Waals surface area (Å²) < 4.78 is 0. The fourth-order valence-corrected chi connectivity index (χ4v) is 2.76. The molecular weight excluding hydrogens is 188 g/mol. The maximum atomic E-state index is 11.7. The molecule has 3 nitrogen and oxygen atoms in total. The van der Waals surface area contributed by atoms with Gasteiger partial charge < -0.3 is 4.90 Å². The predicted octanol–water partition coefficient (Wildman–Crippen LogP) is 1.06. The molecule has 2 fully saturated rings. The average Bonchev–Trinajstić information content (AvgIpc) is 2.83. The molecule has 1 aromatic rings. The number of fused-ring (bicyclic) bond motifs is 1. The molecule has 15 heavy (non-hydrogen) atoms. The Hall–Kier alpha value is -1.35. The lowest BCUT2D eigenvalue weighted by Crippen LogP contribution is -2.45. The summed E-state index contributed by atoms with van der Waals surface area (Å²) in [5, 5.41) is 3.48. The topological polar surface area (TPSA) is 32.3 Å². The molecule has 3 heteroatoms. The van der Waals surface area contributed by atoms with Gasteiger partial charge >= 0.3 is 0 Å². The second-order valence-corrected chi connectivity index (χ2v) is 4.20. The highest BCUT2D eigenvalue weighted by molar-refractivity contribution is 5.80. The van der Waals surface area contributed by atoms with E-state index in [1.54, 1.807) is 0 Å². The Kier molecular flexibility index (Phi) is 1.83. The van der Waals surface area contributed by atoms with Gasteiger partial charge in [0.2, 0.25) is 5.91 Å². The van der Waals surface area contributed by atoms with Crippen molar-refractivity contribution in [1.82, 2.24) is 10.2 Å². The molecule has 78 valence electrons. The van der Waals surface area contributed by atoms with Crippen LogP contribution in [0.15, 0.2) is 30.3 Å². The fourth-order valence-electron chi connectivity index (χ4n) is 2.76. The molecule has 0 spiro atoms. The Morgan fingerprint density at radius 2 is 2.07 bits per heavy atom. The van der Waals surface area contributed by atoms with Crippen LogP contribution in [0.4, 0.5) is 0 Å². The number of amides is 1. The molecule has 0 aliphatic carbocycles. The molecule has 1 N–H and O–H groups in total. The summed E-state index contributed by atoms with van der Waals surface area (Å²) in [6.45, 7) is 1.74. The molecule has 1 atom stereocenters. The van der Waals surface area contributed by atoms with Crippen LogP contribution in [0.5, 0.6) is 0 Å². The molecule has 0 radical (unpaired) electrons. The van der Waals surface area contributed by atoms with Gasteiger partial charge in [-0.25, -0.2) is 0 Å². The van der Waals surface area contributed by atoms with Crippen LogP contribution in [0.2, 0.25) is 0 Å². The van der Waals surface area contributed by atoms with Crippen LogP contribution in [0, 0.1) is 0 Å². The highest BCUT2D eigenvalue weighted by Gasteiger charge is 2.49. The lowest BCUT2D eigenvalue weighted by molar-refractivity contribution is -0.130. The van der Waals surface area contributed by atoms with Crippen LogP contribution in [0.25, 0.3) is 0 Å². The zero-order valence-electron chi connectivity index (χ0n) is 8.57. The lowest BCUT2D eigenvalue weighted by Gasteiger charge is -2.32. The second kappa shape index (κ2) is 3.07. The number of hydrogen-bond acceptors (Lipinski definition) is 2. The molecule has 0 bridgehead atoms. The van der Waals surface area contributed by atoms with Gasteiger partial charge in [0.15, 0.2) is 0 Å². The smallest absolute Gasteiger partial charge is 0.224 e. The Bertz CT molecular complexity index is 390. The summed E-state index contributed by atoms with van der Waals surface area (Å²) in [5.41, 5.74) is 1.02. The molecule has 0 saturated carbocycles. The van der Waals surface area contributed by atoms with Gasteiger partial charge in [0, 0.05) is 19.5 Å². The van der Waals surface area contributed by atoms with Crippen molar-refractivity contribution in [1.29, 1.82) is 0 Å². The van der Waals surface area contributed by atoms with E-state index in [2.05, 4.69) is 17.4 Å². The monoisotopic (exact) mass is 202 g/mol. The van der Waals surface area contributed by atoms with Gasteiger partial charge in [0.1, 0.15) is 5.66 Å². The zero-order valence-corrected chi connectivity index (χ0v) is 8.57. The third-order valence-electron chi connectivity index (χ3n) is 3.47. The molecule has 2 aliphatic rings. The number of rotatable bonds is 1. The van der Waals surface area contributed by atoms with E-state index in [0.717, 1.165) is 19.5 Å². The van der Waals surface area contributed by atoms with Crippen molar-refractivity contribution in [3.05, 3.63) is 35.9 Å². The van der Waals surface area contributed by atoms with Crippen molar-refractivity contribution < 1.29 is 4.79 Å². The standard InChI is InChI=1S/C12H14N2O/c15-11-6-7-12(13-8-9-14(11)12)10-4-2-1-3-5-10/h1-5,13H,6-9H2. The highest BCUT2D eigenvalue weighted by Crippen LogP contribution is 2.39. The van der Waals surface area contributed by atoms with Gasteiger partial charge in [-0.3, -0.25) is 10.1 Å². The van der Waals surface area contributed by atoms with Crippen LogP contribution in [0.1, 0.15) is 18.4 Å². The van der Waals surface area contributed by atoms with Crippen molar-refractivity contribution in [2.75, 3.05) is 13.1 Å². The van der Waals surface area contributed by atoms with Crippen molar-refractivity contribution in [2.24, 2.45) is 0 Å². The number of carbonyl (C=O) groups excluding carboxylic acids is 1. The Labute approximate surface area is 89.1 Å². The van der Waals surface area contributed by atoms with Gasteiger partial charge in [0.05, 0.1) is 0 Å². The van der Waals surface area contributed by atoms with E-state index in [0.29, 0.717) is 6.42 Å². The minimum absolute atomic E-state index is 0.196. The number of carbonyl (C=O) groups is 1. The Morgan fingerprint density at radius 1 is 1.27 bits per heavy atom. The van der Waals surface area contributed by atoms with Gasteiger partial charge in [-0.2, -0.15) is 0 Å². The maximum absolute atomic E-state index is 11.7. The number of nitrogens with one attached hydrogen (secondary N) is 1. The molecule has 0 aromatic heterocycles. The van der Waals surface area contributed by atoms with E-state index < -0.39 is 0 Å². The Balaban J connectivity index is 2.06. The first kappa shape index (κ1) is 8.92. The molecule has 1 aromatic carbocycles. The van der Waals surface area contributed by atoms with Crippen LogP contribution in [-0.4, -0.2) is 23.9 Å². The van der Waals surface area contributed by atoms with Gasteiger partial charge in [-0.05, 0) is 12.0 Å². The van der Waals surface area contributed by atoms with Gasteiger partial charge in [-0.15, -0.1) is 0 Å². The third-order valence-corrected chi connectivity index (χ3v) is 3.47. The second-order valence-electron chi connectivity index (χ2n) is 4.20. The van der Waals surface area contributed by atoms with E-state index in [4.69, 9.17) is 0 Å². The van der Waals surface area contributed by atoms with E-state index in [-0.39, 0.29) is 11.6 Å². The molecule has 1 amide bonds. The summed E-state index contributed by atoms with van der Waals surface area (Å²) in [7, 11) is 0. The zero-order chi connectivity index (χ0) is 10.3. The van der Waals surface area contributed by atoms with Gasteiger partial charge in [0.25, 0.3) is 0 Å². The Morgan fingerprint density at radius 3 is 2.87 bits per heavy atom. The van der Waals surface area contributed by atoms with E-state index in [1.807, 2.05) is 23.1 Å². The number of nitrogens with zero attached hydrogens (tertiary/aromatic N) is 1. The molecule has 2 aliphatic heterocycles. The van der Waals surface area contributed by atoms with Gasteiger partial charge in [-0.1, -0.05) is 30.3 Å². The molecule has 2 saturated heterocycles. The van der Waals surface area contributed by atoms with E-state index in [1.165, 1.54) is 5.56 Å². The fraction of sp³-hybridized carbons (Fsp3) is 0.417. The summed E-state index contributed by atoms with van der Waals surface area (Å²) in [5.74, 6) is 0.281. The minimum Gasteiger partial charge on any atom is -0.319 e. The van der Waals surface area contributed by atoms with Crippen LogP contribution >= 0.6 is 0 Å². The van der Waals surface area contributed by atoms with E-state index >= 15 is 0 Å². The SMILES string of the molecule is O=C1CCC2(c3ccccc3)NCCN12. The predicted molar refractivity (Wildman–Crippen MR) is 57.1 cm³/mol. The molecule has 3 rings (SSSR count). The van der Waals surface area contributed by atoms with Crippen LogP contribution in [-0.2, 0) is 10.5 Å². The first-order chi connectivity index (χ1) is 7.33. The van der Waals surface area contributed by atoms with Crippen LogP contribution < -0.4 is 5.32 Å². The average molecular weight is 202 g/mol. The first-order valence-corrected chi connectivity index (χ1v) is 5.44. The summed E-state index contributed by atoms with van der Waals surface area (Å²) in [6, 6.07) is 10.3. The number of benzene rings is 1. The maximum Gasteiger partial charge on any atom is 0.224 e. The highest BCUT2D eigenvalue weighted by atomic mass is 16.2. The lowest BCUT2D eigenvalue weighted by atomic mass is 9.98. The third kappa shape index (κ3) is 1.13. The van der Waals surface area contributed by atoms with Crippen molar-refractivity contribution >= 4 is 5.91 Å². The van der Waals surface area contributed by atoms with E-state index in [9.17, 15) is 4.79 Å². The van der Waals surface area contributed by atoms with Crippen molar-refractivity contribution in [2.45, 2.75) is 18.5 Å². The largest absolute Gasteiger partial charge is 0.319 e. The minimum atomic E-state index is -0.196. The molecule has 2 heterocycles. The summed E-state index contributed by atoms with van der Waals surface area (Å²) in [4.78, 5) is 13.7. The van der Waals surface area contributed by atoms with Crippen molar-refractivity contribution in [3.63, 3.8) is 0 Å². The summed E-state index contributed by atoms with van der Waals surface area (Å²) in [6.07, 6.45) is 1.57. The number of hydrogen-bond donors (Lipinski definition) is 1. The summed E-state index contributed by atoms with van der Waals surface area (Å²) >= 11 is 0. The molecular formula is C12H14N2O. The quantitative estimate of drug-likeness (QED) is 0.738. The normalized spacial score (nSPS) is 29.6. The van der Waals surface area contributed by atoms with Crippen molar-refractivity contribution in [3.8, 4) is 0 Å².